The Labute approximate surface area is 238 Å². The minimum atomic E-state index is -0.172. The number of ether oxygens (including phenoxy) is 2. The summed E-state index contributed by atoms with van der Waals surface area (Å²) >= 11 is 1.50. The third-order valence-corrected chi connectivity index (χ3v) is 10.1. The van der Waals surface area contributed by atoms with Crippen molar-refractivity contribution >= 4 is 23.4 Å². The summed E-state index contributed by atoms with van der Waals surface area (Å²) in [6.45, 7) is 3.78. The predicted octanol–water partition coefficient (Wildman–Crippen LogP) is 2.99. The van der Waals surface area contributed by atoms with E-state index in [1.807, 2.05) is 24.5 Å². The molecule has 210 valence electrons. The van der Waals surface area contributed by atoms with Gasteiger partial charge in [0, 0.05) is 56.8 Å². The van der Waals surface area contributed by atoms with Crippen molar-refractivity contribution in [1.82, 2.24) is 19.9 Å². The molecule has 0 saturated carbocycles. The second-order valence-electron chi connectivity index (χ2n) is 11.4. The molecule has 0 unspecified atom stereocenters. The zero-order chi connectivity index (χ0) is 27.3. The maximum absolute atomic E-state index is 10.3. The number of aliphatic hydroxyl groups is 1. The molecule has 3 aromatic rings. The Hall–Kier alpha value is -2.99. The summed E-state index contributed by atoms with van der Waals surface area (Å²) in [6, 6.07) is 6.39. The zero-order valence-corrected chi connectivity index (χ0v) is 23.5. The van der Waals surface area contributed by atoms with Crippen LogP contribution < -0.4 is 20.3 Å². The van der Waals surface area contributed by atoms with E-state index >= 15 is 0 Å². The van der Waals surface area contributed by atoms with Crippen LogP contribution >= 0.6 is 11.8 Å². The van der Waals surface area contributed by atoms with E-state index in [1.54, 1.807) is 13.3 Å². The topological polar surface area (TPSA) is 123 Å². The number of piperidine rings is 1. The number of rotatable bonds is 6. The Morgan fingerprint density at radius 2 is 2.05 bits per heavy atom. The van der Waals surface area contributed by atoms with Crippen molar-refractivity contribution < 1.29 is 14.6 Å². The van der Waals surface area contributed by atoms with Gasteiger partial charge < -0.3 is 30.1 Å². The first kappa shape index (κ1) is 25.9. The molecule has 11 heteroatoms. The molecular formula is C29H35N7O3S. The predicted molar refractivity (Wildman–Crippen MR) is 152 cm³/mol. The van der Waals surface area contributed by atoms with Crippen LogP contribution in [0.2, 0.25) is 0 Å². The number of hydrogen-bond acceptors (Lipinski definition) is 11. The minimum Gasteiger partial charge on any atom is -0.486 e. The summed E-state index contributed by atoms with van der Waals surface area (Å²) in [5, 5.41) is 11.0. The maximum Gasteiger partial charge on any atom is 0.175 e. The Morgan fingerprint density at radius 1 is 1.18 bits per heavy atom. The van der Waals surface area contributed by atoms with Gasteiger partial charge in [-0.1, -0.05) is 17.8 Å². The highest BCUT2D eigenvalue weighted by Gasteiger charge is 2.47. The SMILES string of the molecule is COC[C@H]1C[C@H]2COc3c(Sc4cnc(N5CCC6(CC5)Cc5ncccc5[C@H]6N)c(CO)n4)ccnc3N2C1. The van der Waals surface area contributed by atoms with E-state index in [1.165, 1.54) is 17.3 Å². The first-order chi connectivity index (χ1) is 19.6. The fraction of sp³-hybridized carbons (Fsp3) is 0.517. The summed E-state index contributed by atoms with van der Waals surface area (Å²) in [4.78, 5) is 24.4. The van der Waals surface area contributed by atoms with Crippen LogP contribution in [0.5, 0.6) is 5.75 Å². The van der Waals surface area contributed by atoms with E-state index < -0.39 is 0 Å². The molecule has 0 radical (unpaired) electrons. The van der Waals surface area contributed by atoms with E-state index in [4.69, 9.17) is 25.2 Å². The lowest BCUT2D eigenvalue weighted by Crippen LogP contribution is -2.45. The summed E-state index contributed by atoms with van der Waals surface area (Å²) in [6.07, 6.45) is 9.37. The van der Waals surface area contributed by atoms with Crippen LogP contribution in [0.1, 0.15) is 42.3 Å². The van der Waals surface area contributed by atoms with Crippen LogP contribution in [0.3, 0.4) is 0 Å². The van der Waals surface area contributed by atoms with Gasteiger partial charge in [0.15, 0.2) is 17.4 Å². The molecule has 6 heterocycles. The smallest absolute Gasteiger partial charge is 0.175 e. The van der Waals surface area contributed by atoms with Crippen molar-refractivity contribution in [2.24, 2.45) is 17.1 Å². The highest BCUT2D eigenvalue weighted by atomic mass is 32.2. The molecule has 0 aromatic carbocycles. The molecule has 3 N–H and O–H groups in total. The molecular weight excluding hydrogens is 526 g/mol. The molecule has 2 fully saturated rings. The lowest BCUT2D eigenvalue weighted by atomic mass is 9.73. The van der Waals surface area contributed by atoms with Crippen molar-refractivity contribution in [1.29, 1.82) is 0 Å². The number of pyridine rings is 2. The molecule has 2 saturated heterocycles. The number of nitrogens with two attached hydrogens (primary N) is 1. The van der Waals surface area contributed by atoms with Crippen molar-refractivity contribution in [3.05, 3.63) is 53.7 Å². The number of nitrogens with zero attached hydrogens (tertiary/aromatic N) is 6. The second-order valence-corrected chi connectivity index (χ2v) is 12.5. The van der Waals surface area contributed by atoms with Gasteiger partial charge in [0.25, 0.3) is 0 Å². The maximum atomic E-state index is 10.3. The summed E-state index contributed by atoms with van der Waals surface area (Å²) in [5.74, 6) is 2.91. The van der Waals surface area contributed by atoms with Gasteiger partial charge in [-0.3, -0.25) is 4.98 Å². The average Bonchev–Trinajstić information content (AvgIpc) is 3.52. The molecule has 3 atom stereocenters. The quantitative estimate of drug-likeness (QED) is 0.462. The van der Waals surface area contributed by atoms with Crippen molar-refractivity contribution in [3.63, 3.8) is 0 Å². The largest absolute Gasteiger partial charge is 0.486 e. The Morgan fingerprint density at radius 3 is 2.85 bits per heavy atom. The molecule has 3 aliphatic heterocycles. The minimum absolute atomic E-state index is 0.00994. The number of methoxy groups -OCH3 is 1. The molecule has 40 heavy (non-hydrogen) atoms. The summed E-state index contributed by atoms with van der Waals surface area (Å²) in [7, 11) is 1.76. The average molecular weight is 562 g/mol. The van der Waals surface area contributed by atoms with Crippen LogP contribution in [0.25, 0.3) is 0 Å². The fourth-order valence-electron chi connectivity index (χ4n) is 7.05. The highest BCUT2D eigenvalue weighted by molar-refractivity contribution is 7.99. The van der Waals surface area contributed by atoms with Crippen molar-refractivity contribution in [2.45, 2.75) is 54.3 Å². The Bertz CT molecular complexity index is 1400. The summed E-state index contributed by atoms with van der Waals surface area (Å²) in [5.41, 5.74) is 9.68. The molecule has 10 nitrogen and oxygen atoms in total. The Balaban J connectivity index is 1.07. The molecule has 3 aromatic heterocycles. The van der Waals surface area contributed by atoms with E-state index in [2.05, 4.69) is 25.8 Å². The van der Waals surface area contributed by atoms with Gasteiger partial charge in [0.05, 0.1) is 30.3 Å². The standard InChI is InChI=1S/C29H35N7O3S/c1-38-16-18-11-19-17-39-25-23(4-8-32-28(25)36(19)14-18)40-24-13-33-27(22(15-37)34-24)35-9-5-29(6-10-35)12-21-20(26(29)30)3-2-7-31-21/h2-4,7-8,13,18-19,26,37H,5-6,9-12,14-17,30H2,1H3/t18-,19-,26+/m0/s1. The normalized spacial score (nSPS) is 24.5. The van der Waals surface area contributed by atoms with Crippen LogP contribution in [0.4, 0.5) is 11.6 Å². The highest BCUT2D eigenvalue weighted by Crippen LogP contribution is 2.50. The molecule has 4 aliphatic rings. The van der Waals surface area contributed by atoms with Crippen LogP contribution in [-0.4, -0.2) is 71.0 Å². The molecule has 1 aliphatic carbocycles. The molecule has 0 amide bonds. The second kappa shape index (κ2) is 10.4. The number of aliphatic hydroxyl groups excluding tert-OH is 1. The van der Waals surface area contributed by atoms with E-state index in [0.29, 0.717) is 24.3 Å². The lowest BCUT2D eigenvalue weighted by molar-refractivity contribution is 0.157. The fourth-order valence-corrected chi connectivity index (χ4v) is 7.91. The lowest BCUT2D eigenvalue weighted by Gasteiger charge is -2.42. The Kier molecular flexibility index (Phi) is 6.77. The number of anilines is 2. The number of fused-ring (bicyclic) bond motifs is 4. The van der Waals surface area contributed by atoms with E-state index in [0.717, 1.165) is 84.9 Å². The molecule has 1 spiro atoms. The first-order valence-electron chi connectivity index (χ1n) is 14.0. The van der Waals surface area contributed by atoms with Crippen LogP contribution in [0.15, 0.2) is 46.7 Å². The van der Waals surface area contributed by atoms with Gasteiger partial charge in [-0.2, -0.15) is 0 Å². The monoisotopic (exact) mass is 561 g/mol. The van der Waals surface area contributed by atoms with Gasteiger partial charge >= 0.3 is 0 Å². The van der Waals surface area contributed by atoms with Gasteiger partial charge in [0.1, 0.15) is 17.3 Å². The van der Waals surface area contributed by atoms with Gasteiger partial charge in [0.2, 0.25) is 0 Å². The van der Waals surface area contributed by atoms with E-state index in [-0.39, 0.29) is 18.1 Å². The van der Waals surface area contributed by atoms with E-state index in [9.17, 15) is 5.11 Å². The summed E-state index contributed by atoms with van der Waals surface area (Å²) < 4.78 is 11.6. The first-order valence-corrected chi connectivity index (χ1v) is 14.9. The van der Waals surface area contributed by atoms with Crippen molar-refractivity contribution in [3.8, 4) is 5.75 Å². The third kappa shape index (κ3) is 4.39. The van der Waals surface area contributed by atoms with Crippen LogP contribution in [0, 0.1) is 11.3 Å². The zero-order valence-electron chi connectivity index (χ0n) is 22.7. The molecule has 7 rings (SSSR count). The number of hydrogen-bond donors (Lipinski definition) is 2. The molecule has 0 bridgehead atoms. The van der Waals surface area contributed by atoms with Gasteiger partial charge in [-0.25, -0.2) is 15.0 Å². The van der Waals surface area contributed by atoms with Crippen LogP contribution in [-0.2, 0) is 17.8 Å². The van der Waals surface area contributed by atoms with Gasteiger partial charge in [-0.15, -0.1) is 0 Å². The van der Waals surface area contributed by atoms with Gasteiger partial charge in [-0.05, 0) is 48.8 Å². The third-order valence-electron chi connectivity index (χ3n) is 9.11. The van der Waals surface area contributed by atoms with Crippen molar-refractivity contribution in [2.75, 3.05) is 49.8 Å². The number of aromatic nitrogens is 4.